The van der Waals surface area contributed by atoms with E-state index in [0.717, 1.165) is 5.69 Å². The van der Waals surface area contributed by atoms with Crippen molar-refractivity contribution in [2.75, 3.05) is 31.7 Å². The first kappa shape index (κ1) is 26.1. The predicted molar refractivity (Wildman–Crippen MR) is 137 cm³/mol. The van der Waals surface area contributed by atoms with Crippen molar-refractivity contribution in [2.24, 2.45) is 5.92 Å². The molecule has 2 aromatic rings. The van der Waals surface area contributed by atoms with E-state index in [2.05, 4.69) is 11.4 Å². The van der Waals surface area contributed by atoms with E-state index < -0.39 is 23.3 Å². The Morgan fingerprint density at radius 2 is 1.81 bits per heavy atom. The normalized spacial score (nSPS) is 17.8. The molecule has 0 aromatic heterocycles. The minimum atomic E-state index is -0.827. The second kappa shape index (κ2) is 10.2. The number of aryl methyl sites for hydroxylation is 1. The quantitative estimate of drug-likeness (QED) is 0.674. The van der Waals surface area contributed by atoms with Gasteiger partial charge in [0.05, 0.1) is 23.9 Å². The fourth-order valence-electron chi connectivity index (χ4n) is 5.29. The van der Waals surface area contributed by atoms with Crippen LogP contribution < -0.4 is 10.2 Å². The van der Waals surface area contributed by atoms with Gasteiger partial charge in [-0.05, 0) is 55.5 Å². The SMILES string of the molecule is Cc1cccc(C(=O)N[C@@H](C(=O)N2CCC3(CC2)C(=O)N(C)CN3c2cccc(C#N)c2)C(C)C)c1F. The van der Waals surface area contributed by atoms with Crippen molar-refractivity contribution in [3.63, 3.8) is 0 Å². The van der Waals surface area contributed by atoms with Crippen LogP contribution >= 0.6 is 0 Å². The molecule has 2 aliphatic heterocycles. The van der Waals surface area contributed by atoms with E-state index in [-0.39, 0.29) is 23.3 Å². The number of nitrogens with one attached hydrogen (secondary N) is 1. The van der Waals surface area contributed by atoms with Crippen molar-refractivity contribution >= 4 is 23.4 Å². The third-order valence-corrected chi connectivity index (χ3v) is 7.46. The fraction of sp³-hybridized carbons (Fsp3) is 0.429. The van der Waals surface area contributed by atoms with Crippen LogP contribution in [0.5, 0.6) is 0 Å². The number of nitrogens with zero attached hydrogens (tertiary/aromatic N) is 4. The first-order valence-electron chi connectivity index (χ1n) is 12.5. The number of rotatable bonds is 5. The van der Waals surface area contributed by atoms with Crippen molar-refractivity contribution in [1.82, 2.24) is 15.1 Å². The second-order valence-electron chi connectivity index (χ2n) is 10.2. The highest BCUT2D eigenvalue weighted by molar-refractivity contribution is 5.98. The molecule has 2 aromatic carbocycles. The average molecular weight is 506 g/mol. The summed E-state index contributed by atoms with van der Waals surface area (Å²) in [5.74, 6) is -1.70. The number of likely N-dealkylation sites (N-methyl/N-ethyl adjacent to an activating group) is 1. The molecule has 0 unspecified atom stereocenters. The van der Waals surface area contributed by atoms with Crippen molar-refractivity contribution < 1.29 is 18.8 Å². The minimum absolute atomic E-state index is 0.00871. The Labute approximate surface area is 216 Å². The van der Waals surface area contributed by atoms with Crippen LogP contribution in [0.3, 0.4) is 0 Å². The van der Waals surface area contributed by atoms with Gasteiger partial charge >= 0.3 is 0 Å². The second-order valence-corrected chi connectivity index (χ2v) is 10.2. The Morgan fingerprint density at radius 3 is 2.46 bits per heavy atom. The van der Waals surface area contributed by atoms with Gasteiger partial charge in [-0.1, -0.05) is 32.0 Å². The molecule has 3 amide bonds. The molecule has 9 heteroatoms. The smallest absolute Gasteiger partial charge is 0.254 e. The monoisotopic (exact) mass is 505 g/mol. The van der Waals surface area contributed by atoms with Gasteiger partial charge in [0, 0.05) is 25.8 Å². The molecule has 194 valence electrons. The topological polar surface area (TPSA) is 96.8 Å². The minimum Gasteiger partial charge on any atom is -0.341 e. The van der Waals surface area contributed by atoms with Gasteiger partial charge in [-0.2, -0.15) is 5.26 Å². The summed E-state index contributed by atoms with van der Waals surface area (Å²) >= 11 is 0. The predicted octanol–water partition coefficient (Wildman–Crippen LogP) is 3.06. The van der Waals surface area contributed by atoms with Crippen molar-refractivity contribution in [3.05, 3.63) is 65.0 Å². The summed E-state index contributed by atoms with van der Waals surface area (Å²) in [4.78, 5) is 45.1. The van der Waals surface area contributed by atoms with Gasteiger partial charge in [-0.3, -0.25) is 14.4 Å². The Kier molecular flexibility index (Phi) is 7.21. The molecular formula is C28H32FN5O3. The van der Waals surface area contributed by atoms with E-state index in [0.29, 0.717) is 43.7 Å². The van der Waals surface area contributed by atoms with E-state index in [4.69, 9.17) is 0 Å². The van der Waals surface area contributed by atoms with Crippen molar-refractivity contribution in [3.8, 4) is 6.07 Å². The lowest BCUT2D eigenvalue weighted by atomic mass is 9.85. The van der Waals surface area contributed by atoms with E-state index in [1.54, 1.807) is 54.1 Å². The van der Waals surface area contributed by atoms with Gasteiger partial charge in [-0.25, -0.2) is 4.39 Å². The van der Waals surface area contributed by atoms with Crippen LogP contribution in [0.1, 0.15) is 48.2 Å². The fourth-order valence-corrected chi connectivity index (χ4v) is 5.29. The van der Waals surface area contributed by atoms with E-state index in [1.165, 1.54) is 6.07 Å². The number of benzene rings is 2. The maximum atomic E-state index is 14.5. The van der Waals surface area contributed by atoms with Gasteiger partial charge in [0.2, 0.25) is 11.8 Å². The van der Waals surface area contributed by atoms with Crippen LogP contribution in [0.25, 0.3) is 0 Å². The lowest BCUT2D eigenvalue weighted by molar-refractivity contribution is -0.139. The van der Waals surface area contributed by atoms with Crippen LogP contribution in [0.2, 0.25) is 0 Å². The number of nitriles is 1. The number of piperidine rings is 1. The molecule has 4 rings (SSSR count). The molecule has 0 radical (unpaired) electrons. The third-order valence-electron chi connectivity index (χ3n) is 7.46. The molecule has 2 fully saturated rings. The first-order chi connectivity index (χ1) is 17.6. The maximum absolute atomic E-state index is 14.5. The summed E-state index contributed by atoms with van der Waals surface area (Å²) in [5.41, 5.74) is 0.774. The molecule has 0 bridgehead atoms. The molecule has 0 aliphatic carbocycles. The summed E-state index contributed by atoms with van der Waals surface area (Å²) in [6.45, 7) is 6.33. The Hall–Kier alpha value is -3.93. The highest BCUT2D eigenvalue weighted by Crippen LogP contribution is 2.39. The molecule has 2 aliphatic rings. The molecule has 37 heavy (non-hydrogen) atoms. The molecule has 1 spiro atoms. The lowest BCUT2D eigenvalue weighted by Gasteiger charge is -2.44. The summed E-state index contributed by atoms with van der Waals surface area (Å²) in [7, 11) is 1.75. The number of likely N-dealkylation sites (tertiary alicyclic amines) is 1. The molecule has 1 N–H and O–H groups in total. The van der Waals surface area contributed by atoms with Gasteiger partial charge in [-0.15, -0.1) is 0 Å². The van der Waals surface area contributed by atoms with Crippen molar-refractivity contribution in [2.45, 2.75) is 45.2 Å². The third kappa shape index (κ3) is 4.76. The molecule has 8 nitrogen and oxygen atoms in total. The highest BCUT2D eigenvalue weighted by atomic mass is 19.1. The van der Waals surface area contributed by atoms with Gasteiger partial charge in [0.25, 0.3) is 5.91 Å². The standard InChI is InChI=1S/C28H32FN5O3/c1-18(2)24(31-25(35)22-10-5-7-19(3)23(22)29)26(36)33-13-11-28(12-14-33)27(37)32(4)17-34(28)21-9-6-8-20(15-21)16-30/h5-10,15,18,24H,11-14,17H2,1-4H3,(H,31,35)/t24-/m1/s1. The summed E-state index contributed by atoms with van der Waals surface area (Å²) < 4.78 is 14.5. The molecule has 0 saturated carbocycles. The molecule has 2 heterocycles. The largest absolute Gasteiger partial charge is 0.341 e. The first-order valence-corrected chi connectivity index (χ1v) is 12.5. The number of carbonyl (C=O) groups is 3. The molecule has 2 saturated heterocycles. The zero-order valence-electron chi connectivity index (χ0n) is 21.6. The van der Waals surface area contributed by atoms with E-state index >= 15 is 0 Å². The van der Waals surface area contributed by atoms with Gasteiger partial charge in [0.15, 0.2) is 0 Å². The van der Waals surface area contributed by atoms with Crippen LogP contribution in [0.15, 0.2) is 42.5 Å². The van der Waals surface area contributed by atoms with Crippen molar-refractivity contribution in [1.29, 1.82) is 5.26 Å². The number of amides is 3. The van der Waals surface area contributed by atoms with E-state index in [1.807, 2.05) is 24.8 Å². The number of hydrogen-bond acceptors (Lipinski definition) is 5. The zero-order valence-corrected chi connectivity index (χ0v) is 21.6. The Morgan fingerprint density at radius 1 is 1.14 bits per heavy atom. The molecular weight excluding hydrogens is 473 g/mol. The van der Waals surface area contributed by atoms with Crippen LogP contribution in [0, 0.1) is 30.0 Å². The zero-order chi connectivity index (χ0) is 26.9. The Balaban J connectivity index is 1.51. The highest BCUT2D eigenvalue weighted by Gasteiger charge is 2.53. The molecule has 1 atom stereocenters. The van der Waals surface area contributed by atoms with E-state index in [9.17, 15) is 24.0 Å². The van der Waals surface area contributed by atoms with Crippen LogP contribution in [-0.4, -0.2) is 65.9 Å². The number of hydrogen-bond donors (Lipinski definition) is 1. The number of carbonyl (C=O) groups excluding carboxylic acids is 3. The summed E-state index contributed by atoms with van der Waals surface area (Å²) in [6, 6.07) is 13.1. The maximum Gasteiger partial charge on any atom is 0.254 e. The Bertz CT molecular complexity index is 1260. The summed E-state index contributed by atoms with van der Waals surface area (Å²) in [5, 5.41) is 12.1. The summed E-state index contributed by atoms with van der Waals surface area (Å²) in [6.07, 6.45) is 0.841. The van der Waals surface area contributed by atoms with Crippen LogP contribution in [0.4, 0.5) is 10.1 Å². The van der Waals surface area contributed by atoms with Gasteiger partial charge < -0.3 is 20.0 Å². The number of halogens is 1. The average Bonchev–Trinajstić information content (AvgIpc) is 3.13. The number of anilines is 1. The van der Waals surface area contributed by atoms with Gasteiger partial charge in [0.1, 0.15) is 17.4 Å². The van der Waals surface area contributed by atoms with Crippen LogP contribution in [-0.2, 0) is 9.59 Å². The lowest BCUT2D eigenvalue weighted by Crippen LogP contribution is -2.60.